The third-order valence-corrected chi connectivity index (χ3v) is 7.53. The molecule has 0 aromatic heterocycles. The number of amides is 3. The van der Waals surface area contributed by atoms with Crippen LogP contribution < -0.4 is 5.32 Å². The van der Waals surface area contributed by atoms with Crippen molar-refractivity contribution in [3.63, 3.8) is 0 Å². The summed E-state index contributed by atoms with van der Waals surface area (Å²) >= 11 is 0. The van der Waals surface area contributed by atoms with E-state index < -0.39 is 59.1 Å². The summed E-state index contributed by atoms with van der Waals surface area (Å²) in [5.74, 6) is -3.37. The molecule has 10 nitrogen and oxygen atoms in total. The molecule has 0 saturated carbocycles. The number of carbonyl (C=O) groups excluding carboxylic acids is 4. The highest BCUT2D eigenvalue weighted by Crippen LogP contribution is 2.56. The summed E-state index contributed by atoms with van der Waals surface area (Å²) in [6.45, 7) is 9.16. The van der Waals surface area contributed by atoms with Crippen LogP contribution in [0.2, 0.25) is 0 Å². The third-order valence-electron chi connectivity index (χ3n) is 7.53. The van der Waals surface area contributed by atoms with Crippen LogP contribution >= 0.6 is 0 Å². The second kappa shape index (κ2) is 9.63. The fourth-order valence-corrected chi connectivity index (χ4v) is 5.74. The van der Waals surface area contributed by atoms with Gasteiger partial charge in [-0.1, -0.05) is 24.3 Å². The van der Waals surface area contributed by atoms with E-state index >= 15 is 0 Å². The zero-order valence-corrected chi connectivity index (χ0v) is 21.6. The van der Waals surface area contributed by atoms with Crippen molar-refractivity contribution in [2.75, 3.05) is 19.7 Å². The molecule has 4 rings (SSSR count). The van der Waals surface area contributed by atoms with Crippen LogP contribution in [0, 0.1) is 11.8 Å². The first-order valence-electron chi connectivity index (χ1n) is 12.7. The molecule has 5 bridgehead atoms. The van der Waals surface area contributed by atoms with E-state index in [0.29, 0.717) is 6.42 Å². The van der Waals surface area contributed by atoms with Gasteiger partial charge in [-0.15, -0.1) is 0 Å². The lowest BCUT2D eigenvalue weighted by Gasteiger charge is -2.42. The average molecular weight is 504 g/mol. The van der Waals surface area contributed by atoms with E-state index in [0.717, 1.165) is 0 Å². The molecule has 4 aliphatic rings. The Morgan fingerprint density at radius 2 is 1.92 bits per heavy atom. The Morgan fingerprint density at radius 3 is 2.58 bits per heavy atom. The normalized spacial score (nSPS) is 37.1. The highest BCUT2D eigenvalue weighted by molar-refractivity contribution is 5.99. The van der Waals surface area contributed by atoms with Gasteiger partial charge in [0.05, 0.1) is 31.2 Å². The number of nitrogens with zero attached hydrogens (tertiary/aromatic N) is 2. The number of ether oxygens (including phenoxy) is 2. The molecule has 4 aliphatic heterocycles. The molecule has 198 valence electrons. The minimum Gasteiger partial charge on any atom is -0.460 e. The van der Waals surface area contributed by atoms with Crippen molar-refractivity contribution in [1.82, 2.24) is 15.1 Å². The molecular weight excluding hydrogens is 466 g/mol. The van der Waals surface area contributed by atoms with Gasteiger partial charge in [0.25, 0.3) is 0 Å². The second-order valence-corrected chi connectivity index (χ2v) is 11.2. The molecule has 0 aliphatic carbocycles. The first-order valence-corrected chi connectivity index (χ1v) is 12.7. The van der Waals surface area contributed by atoms with Crippen LogP contribution in [0.5, 0.6) is 0 Å². The minimum atomic E-state index is -1.33. The summed E-state index contributed by atoms with van der Waals surface area (Å²) in [6.07, 6.45) is 6.63. The van der Waals surface area contributed by atoms with Crippen LogP contribution in [-0.4, -0.2) is 93.7 Å². The van der Waals surface area contributed by atoms with Crippen molar-refractivity contribution >= 4 is 23.7 Å². The van der Waals surface area contributed by atoms with Crippen molar-refractivity contribution in [3.05, 3.63) is 24.3 Å². The van der Waals surface area contributed by atoms with E-state index in [2.05, 4.69) is 5.32 Å². The predicted octanol–water partition coefficient (Wildman–Crippen LogP) is 0.543. The summed E-state index contributed by atoms with van der Waals surface area (Å²) in [5, 5.41) is 12.8. The summed E-state index contributed by atoms with van der Waals surface area (Å²) in [6, 6.07) is -1.70. The predicted molar refractivity (Wildman–Crippen MR) is 129 cm³/mol. The molecule has 36 heavy (non-hydrogen) atoms. The Bertz CT molecular complexity index is 987. The Balaban J connectivity index is 1.80. The quantitative estimate of drug-likeness (QED) is 0.416. The van der Waals surface area contributed by atoms with Crippen LogP contribution in [0.1, 0.15) is 47.5 Å². The molecule has 2 fully saturated rings. The van der Waals surface area contributed by atoms with Gasteiger partial charge in [0, 0.05) is 18.5 Å². The van der Waals surface area contributed by atoms with Gasteiger partial charge < -0.3 is 29.7 Å². The lowest BCUT2D eigenvalue weighted by atomic mass is 9.74. The molecule has 2 saturated heterocycles. The van der Waals surface area contributed by atoms with Gasteiger partial charge in [-0.05, 0) is 41.0 Å². The van der Waals surface area contributed by atoms with Gasteiger partial charge in [-0.2, -0.15) is 0 Å². The maximum Gasteiger partial charge on any atom is 0.313 e. The van der Waals surface area contributed by atoms with Gasteiger partial charge in [0.2, 0.25) is 17.7 Å². The van der Waals surface area contributed by atoms with E-state index in [4.69, 9.17) is 9.47 Å². The van der Waals surface area contributed by atoms with Crippen molar-refractivity contribution in [2.24, 2.45) is 11.8 Å². The van der Waals surface area contributed by atoms with Crippen LogP contribution in [0.25, 0.3) is 0 Å². The van der Waals surface area contributed by atoms with Gasteiger partial charge >= 0.3 is 5.97 Å². The number of esters is 1. The Hall–Kier alpha value is -2.72. The van der Waals surface area contributed by atoms with E-state index in [-0.39, 0.29) is 37.9 Å². The van der Waals surface area contributed by atoms with E-state index in [1.54, 1.807) is 30.9 Å². The lowest BCUT2D eigenvalue weighted by molar-refractivity contribution is -0.159. The number of fused-ring (bicyclic) bond motifs is 2. The SMILES string of the molecule is C[C@H](CO)N1C(=O)[C@@H]2[C@H]3C(=O)O[C@@H](C)CNC(=O)CC/C=C\CN(C(C)(C)C)C(=O)[C@@H]1[C@]21C=C[C@H]3O1. The lowest BCUT2D eigenvalue weighted by Crippen LogP contribution is -2.61. The zero-order chi connectivity index (χ0) is 26.4. The number of rotatable bonds is 2. The molecule has 1 spiro atoms. The maximum absolute atomic E-state index is 14.3. The summed E-state index contributed by atoms with van der Waals surface area (Å²) in [4.78, 5) is 56.7. The van der Waals surface area contributed by atoms with Crippen molar-refractivity contribution in [3.8, 4) is 0 Å². The number of allylic oxidation sites excluding steroid dienone is 1. The molecule has 4 heterocycles. The van der Waals surface area contributed by atoms with Gasteiger partial charge in [0.1, 0.15) is 23.7 Å². The number of aliphatic hydroxyl groups is 1. The highest BCUT2D eigenvalue weighted by atomic mass is 16.6. The molecular formula is C26H37N3O7. The summed E-state index contributed by atoms with van der Waals surface area (Å²) in [5.41, 5.74) is -1.92. The fraction of sp³-hybridized carbons (Fsp3) is 0.692. The number of hydrogen-bond donors (Lipinski definition) is 2. The monoisotopic (exact) mass is 503 g/mol. The molecule has 0 radical (unpaired) electrons. The van der Waals surface area contributed by atoms with Crippen molar-refractivity contribution in [1.29, 1.82) is 0 Å². The number of aliphatic hydroxyl groups excluding tert-OH is 1. The van der Waals surface area contributed by atoms with Crippen LogP contribution in [0.3, 0.4) is 0 Å². The van der Waals surface area contributed by atoms with E-state index in [1.165, 1.54) is 4.90 Å². The molecule has 10 heteroatoms. The topological polar surface area (TPSA) is 125 Å². The molecule has 7 atom stereocenters. The Kier molecular flexibility index (Phi) is 7.04. The number of hydrogen-bond acceptors (Lipinski definition) is 7. The van der Waals surface area contributed by atoms with Crippen molar-refractivity contribution in [2.45, 2.75) is 82.9 Å². The highest BCUT2D eigenvalue weighted by Gasteiger charge is 2.74. The van der Waals surface area contributed by atoms with Crippen LogP contribution in [0.4, 0.5) is 0 Å². The van der Waals surface area contributed by atoms with Gasteiger partial charge in [-0.25, -0.2) is 0 Å². The molecule has 0 aromatic carbocycles. The molecule has 3 amide bonds. The van der Waals surface area contributed by atoms with Crippen molar-refractivity contribution < 1.29 is 33.8 Å². The zero-order valence-electron chi connectivity index (χ0n) is 21.6. The first-order chi connectivity index (χ1) is 16.9. The minimum absolute atomic E-state index is 0.151. The Labute approximate surface area is 211 Å². The number of nitrogens with one attached hydrogen (secondary N) is 1. The summed E-state index contributed by atoms with van der Waals surface area (Å²) in [7, 11) is 0. The van der Waals surface area contributed by atoms with E-state index in [1.807, 2.05) is 32.9 Å². The van der Waals surface area contributed by atoms with Crippen LogP contribution in [-0.2, 0) is 28.7 Å². The standard InChI is InChI=1S/C26H37N3O7/c1-15(14-30)29-21-23(33)28(25(3,4)5)12-8-6-7-9-18(31)27-13-16(2)35-24(34)19-17-10-11-26(21,36-17)20(19)22(29)32/h6,8,10-11,15-17,19-21,30H,7,9,12-14H2,1-5H3,(H,27,31)/b8-6-/t15-,16+,17-,19+,20+,21-,26+/m1/s1. The maximum atomic E-state index is 14.3. The summed E-state index contributed by atoms with van der Waals surface area (Å²) < 4.78 is 11.9. The first kappa shape index (κ1) is 26.3. The Morgan fingerprint density at radius 1 is 1.19 bits per heavy atom. The van der Waals surface area contributed by atoms with Gasteiger partial charge in [0.15, 0.2) is 0 Å². The molecule has 0 unspecified atom stereocenters. The largest absolute Gasteiger partial charge is 0.460 e. The third kappa shape index (κ3) is 4.34. The average Bonchev–Trinajstić information content (AvgIpc) is 3.45. The van der Waals surface area contributed by atoms with Gasteiger partial charge in [-0.3, -0.25) is 19.2 Å². The fourth-order valence-electron chi connectivity index (χ4n) is 5.74. The molecule has 0 aromatic rings. The number of likely N-dealkylation sites (tertiary alicyclic amines) is 1. The second-order valence-electron chi connectivity index (χ2n) is 11.2. The van der Waals surface area contributed by atoms with E-state index in [9.17, 15) is 24.3 Å². The number of carbonyl (C=O) groups is 4. The van der Waals surface area contributed by atoms with Crippen LogP contribution in [0.15, 0.2) is 24.3 Å². The smallest absolute Gasteiger partial charge is 0.313 e. The molecule has 2 N–H and O–H groups in total. The number of cyclic esters (lactones) is 1.